The van der Waals surface area contributed by atoms with Gasteiger partial charge in [-0.15, -0.1) is 0 Å². The zero-order chi connectivity index (χ0) is 33.1. The molecular formula is C31H27F9N4O2. The lowest BCUT2D eigenvalue weighted by Gasteiger charge is -2.57. The summed E-state index contributed by atoms with van der Waals surface area (Å²) in [6.07, 6.45) is -13.3. The molecule has 6 nitrogen and oxygen atoms in total. The zero-order valence-electron chi connectivity index (χ0n) is 24.0. The van der Waals surface area contributed by atoms with E-state index in [2.05, 4.69) is 31.8 Å². The maximum atomic E-state index is 13.7. The molecule has 6 rings (SSSR count). The number of phenolic OH excluding ortho intramolecular Hbond substituents is 1. The van der Waals surface area contributed by atoms with Gasteiger partial charge in [-0.05, 0) is 73.3 Å². The molecule has 2 N–H and O–H groups in total. The average molecular weight is 659 g/mol. The number of aromatic nitrogens is 2. The van der Waals surface area contributed by atoms with Gasteiger partial charge in [0.15, 0.2) is 5.69 Å². The summed E-state index contributed by atoms with van der Waals surface area (Å²) in [5.74, 6) is 4.82. The van der Waals surface area contributed by atoms with E-state index >= 15 is 0 Å². The molecule has 4 heterocycles. The minimum atomic E-state index is -5.17. The summed E-state index contributed by atoms with van der Waals surface area (Å²) in [4.78, 5) is 4.51. The fourth-order valence-electron chi connectivity index (χ4n) is 6.16. The molecule has 0 bridgehead atoms. The summed E-state index contributed by atoms with van der Waals surface area (Å²) in [6, 6.07) is 4.29. The third-order valence-corrected chi connectivity index (χ3v) is 8.87. The Hall–Kier alpha value is -3.74. The second-order valence-corrected chi connectivity index (χ2v) is 12.0. The number of rotatable bonds is 4. The number of phenols is 1. The molecule has 246 valence electrons. The first-order valence-electron chi connectivity index (χ1n) is 14.3. The van der Waals surface area contributed by atoms with Crippen LogP contribution in [0.5, 0.6) is 5.75 Å². The third kappa shape index (κ3) is 6.43. The van der Waals surface area contributed by atoms with Crippen molar-refractivity contribution < 1.29 is 49.4 Å². The summed E-state index contributed by atoms with van der Waals surface area (Å²) in [5.41, 5.74) is -6.26. The second-order valence-electron chi connectivity index (χ2n) is 12.0. The third-order valence-electron chi connectivity index (χ3n) is 8.87. The van der Waals surface area contributed by atoms with Crippen LogP contribution < -0.4 is 0 Å². The molecule has 46 heavy (non-hydrogen) atoms. The number of benzene rings is 2. The van der Waals surface area contributed by atoms with Crippen molar-refractivity contribution in [3.63, 3.8) is 0 Å². The van der Waals surface area contributed by atoms with Crippen LogP contribution in [0.3, 0.4) is 0 Å². The van der Waals surface area contributed by atoms with Crippen LogP contribution in [0, 0.1) is 17.3 Å². The maximum Gasteiger partial charge on any atom is 0.435 e. The zero-order valence-corrected chi connectivity index (χ0v) is 24.0. The summed E-state index contributed by atoms with van der Waals surface area (Å²) < 4.78 is 127. The number of piperidine rings is 1. The van der Waals surface area contributed by atoms with E-state index in [0.29, 0.717) is 24.2 Å². The number of H-pyrrole nitrogens is 1. The molecule has 3 aromatic rings. The first-order chi connectivity index (χ1) is 21.5. The van der Waals surface area contributed by atoms with Crippen LogP contribution in [0.2, 0.25) is 0 Å². The van der Waals surface area contributed by atoms with E-state index < -0.39 is 52.2 Å². The van der Waals surface area contributed by atoms with Gasteiger partial charge in [-0.2, -0.15) is 44.6 Å². The number of halogens is 9. The molecular weight excluding hydrogens is 631 g/mol. The molecule has 3 aliphatic heterocycles. The van der Waals surface area contributed by atoms with Gasteiger partial charge in [0.05, 0.1) is 42.6 Å². The van der Waals surface area contributed by atoms with Gasteiger partial charge in [0, 0.05) is 29.8 Å². The van der Waals surface area contributed by atoms with Crippen LogP contribution in [-0.4, -0.2) is 77.1 Å². The molecule has 3 fully saturated rings. The number of aromatic amines is 1. The second kappa shape index (κ2) is 11.5. The molecule has 1 aromatic heterocycles. The normalized spacial score (nSPS) is 19.4. The number of likely N-dealkylation sites (tertiary alicyclic amines) is 2. The molecule has 3 saturated heterocycles. The number of nitrogens with one attached hydrogen (secondary N) is 1. The quantitative estimate of drug-likeness (QED) is 0.243. The van der Waals surface area contributed by atoms with Crippen molar-refractivity contribution in [2.45, 2.75) is 37.4 Å². The Morgan fingerprint density at radius 2 is 1.52 bits per heavy atom. The lowest BCUT2D eigenvalue weighted by Crippen LogP contribution is -2.66. The van der Waals surface area contributed by atoms with Crippen LogP contribution >= 0.6 is 0 Å². The van der Waals surface area contributed by atoms with Crippen LogP contribution in [0.25, 0.3) is 22.4 Å². The van der Waals surface area contributed by atoms with Crippen molar-refractivity contribution in [3.05, 3.63) is 58.8 Å². The SMILES string of the molecule is Oc1c(-c2cc(C(F)(F)F)n[nH]2)ccc(C#CCN2CCC3(CC2)CN(C2COC2)C3)c1-c1cc(C(F)(F)F)cc(C(F)(F)F)c1. The molecule has 0 radical (unpaired) electrons. The van der Waals surface area contributed by atoms with Crippen LogP contribution in [0.4, 0.5) is 39.5 Å². The van der Waals surface area contributed by atoms with Crippen molar-refractivity contribution in [2.24, 2.45) is 5.41 Å². The van der Waals surface area contributed by atoms with Gasteiger partial charge < -0.3 is 9.84 Å². The predicted octanol–water partition coefficient (Wildman–Crippen LogP) is 6.65. The maximum absolute atomic E-state index is 13.7. The van der Waals surface area contributed by atoms with Crippen molar-refractivity contribution in [1.29, 1.82) is 0 Å². The summed E-state index contributed by atoms with van der Waals surface area (Å²) in [5, 5.41) is 16.5. The summed E-state index contributed by atoms with van der Waals surface area (Å²) in [6.45, 7) is 5.29. The minimum Gasteiger partial charge on any atom is -0.507 e. The Morgan fingerprint density at radius 1 is 0.891 bits per heavy atom. The van der Waals surface area contributed by atoms with Gasteiger partial charge in [-0.1, -0.05) is 11.8 Å². The standard InChI is InChI=1S/C31H27F9N4O2/c32-29(33,34)20-10-19(11-21(12-20)30(35,36)37)26-18(3-4-23(27(26)45)24-13-25(42-41-24)31(38,39)40)2-1-7-43-8-5-28(6-9-43)16-44(17-28)22-14-46-15-22/h3-4,10-13,22,45H,5-9,14-17H2,(H,41,42). The van der Waals surface area contributed by atoms with Gasteiger partial charge >= 0.3 is 18.5 Å². The Bertz CT molecular complexity index is 1630. The highest BCUT2D eigenvalue weighted by molar-refractivity contribution is 5.85. The highest BCUT2D eigenvalue weighted by atomic mass is 19.4. The predicted molar refractivity (Wildman–Crippen MR) is 147 cm³/mol. The van der Waals surface area contributed by atoms with Gasteiger partial charge in [0.2, 0.25) is 0 Å². The van der Waals surface area contributed by atoms with Crippen LogP contribution in [-0.2, 0) is 23.3 Å². The van der Waals surface area contributed by atoms with Crippen molar-refractivity contribution >= 4 is 0 Å². The number of alkyl halides is 9. The van der Waals surface area contributed by atoms with Gasteiger partial charge in [-0.3, -0.25) is 14.9 Å². The summed E-state index contributed by atoms with van der Waals surface area (Å²) in [7, 11) is 0. The van der Waals surface area contributed by atoms with E-state index in [-0.39, 0.29) is 34.8 Å². The molecule has 0 aliphatic carbocycles. The monoisotopic (exact) mass is 658 g/mol. The molecule has 0 amide bonds. The van der Waals surface area contributed by atoms with Gasteiger partial charge in [-0.25, -0.2) is 0 Å². The van der Waals surface area contributed by atoms with Gasteiger partial charge in [0.25, 0.3) is 0 Å². The Kier molecular flexibility index (Phi) is 8.05. The first-order valence-corrected chi connectivity index (χ1v) is 14.3. The topological polar surface area (TPSA) is 64.6 Å². The number of hydrogen-bond donors (Lipinski definition) is 2. The van der Waals surface area contributed by atoms with Crippen molar-refractivity contribution in [2.75, 3.05) is 45.9 Å². The van der Waals surface area contributed by atoms with E-state index in [4.69, 9.17) is 4.74 Å². The molecule has 2 aromatic carbocycles. The largest absolute Gasteiger partial charge is 0.507 e. The number of aromatic hydroxyl groups is 1. The van der Waals surface area contributed by atoms with E-state index in [1.54, 1.807) is 0 Å². The van der Waals surface area contributed by atoms with Gasteiger partial charge in [0.1, 0.15) is 5.75 Å². The fourth-order valence-corrected chi connectivity index (χ4v) is 6.16. The first kappa shape index (κ1) is 32.2. The van der Waals surface area contributed by atoms with Crippen LogP contribution in [0.1, 0.15) is 35.2 Å². The van der Waals surface area contributed by atoms with E-state index in [0.717, 1.165) is 52.2 Å². The average Bonchev–Trinajstić information content (AvgIpc) is 3.42. The lowest BCUT2D eigenvalue weighted by atomic mass is 9.71. The molecule has 0 unspecified atom stereocenters. The summed E-state index contributed by atoms with van der Waals surface area (Å²) >= 11 is 0. The molecule has 0 atom stereocenters. The Balaban J connectivity index is 1.32. The fraction of sp³-hybridized carbons (Fsp3) is 0.452. The van der Waals surface area contributed by atoms with Crippen molar-refractivity contribution in [3.8, 4) is 40.0 Å². The van der Waals surface area contributed by atoms with E-state index in [1.165, 1.54) is 12.1 Å². The minimum absolute atomic E-state index is 0.0509. The van der Waals surface area contributed by atoms with E-state index in [1.807, 2.05) is 0 Å². The number of ether oxygens (including phenoxy) is 1. The number of hydrogen-bond acceptors (Lipinski definition) is 5. The number of nitrogens with zero attached hydrogens (tertiary/aromatic N) is 3. The van der Waals surface area contributed by atoms with Crippen molar-refractivity contribution in [1.82, 2.24) is 20.0 Å². The van der Waals surface area contributed by atoms with E-state index in [9.17, 15) is 44.6 Å². The van der Waals surface area contributed by atoms with Crippen LogP contribution in [0.15, 0.2) is 36.4 Å². The molecule has 3 aliphatic rings. The molecule has 15 heteroatoms. The smallest absolute Gasteiger partial charge is 0.435 e. The molecule has 1 spiro atoms. The highest BCUT2D eigenvalue weighted by Crippen LogP contribution is 2.45. The molecule has 0 saturated carbocycles. The highest BCUT2D eigenvalue weighted by Gasteiger charge is 2.48. The lowest BCUT2D eigenvalue weighted by molar-refractivity contribution is -0.143. The Morgan fingerprint density at radius 3 is 2.04 bits per heavy atom. The Labute approximate surface area is 257 Å².